The van der Waals surface area contributed by atoms with Crippen molar-refractivity contribution in [3.63, 3.8) is 0 Å². The molecule has 2 aromatic heterocycles. The third-order valence-electron chi connectivity index (χ3n) is 12.7. The van der Waals surface area contributed by atoms with Crippen molar-refractivity contribution in [1.82, 2.24) is 9.55 Å². The number of hydrogen-bond donors (Lipinski definition) is 0. The van der Waals surface area contributed by atoms with Crippen LogP contribution < -0.4 is 14.5 Å². The topological polar surface area (TPSA) is 33.5 Å². The van der Waals surface area contributed by atoms with Crippen LogP contribution in [0.25, 0.3) is 49.9 Å². The van der Waals surface area contributed by atoms with Crippen LogP contribution in [0.3, 0.4) is 0 Å². The number of pyridine rings is 1. The Bertz CT molecular complexity index is 3270. The molecule has 0 N–H and O–H groups in total. The molecule has 0 radical (unpaired) electrons. The van der Waals surface area contributed by atoms with Gasteiger partial charge >= 0.3 is 0 Å². The number of nitrogens with zero attached hydrogens (tertiary/aromatic N) is 4. The molecule has 0 unspecified atom stereocenters. The van der Waals surface area contributed by atoms with E-state index in [0.717, 1.165) is 83.8 Å². The van der Waals surface area contributed by atoms with Crippen LogP contribution in [-0.4, -0.2) is 9.55 Å². The van der Waals surface area contributed by atoms with E-state index in [0.29, 0.717) is 11.5 Å². The van der Waals surface area contributed by atoms with E-state index in [4.69, 9.17) is 9.72 Å². The predicted octanol–water partition coefficient (Wildman–Crippen LogP) is 16.5. The van der Waals surface area contributed by atoms with Gasteiger partial charge in [0.1, 0.15) is 17.5 Å². The maximum atomic E-state index is 14.5. The van der Waals surface area contributed by atoms with Crippen LogP contribution in [-0.2, 0) is 37.3 Å². The number of benzene rings is 7. The Kier molecular flexibility index (Phi) is 12.0. The molecule has 9 aromatic rings. The summed E-state index contributed by atoms with van der Waals surface area (Å²) in [7, 11) is 0. The van der Waals surface area contributed by atoms with E-state index in [2.05, 4.69) is 174 Å². The molecule has 68 heavy (non-hydrogen) atoms. The first-order chi connectivity index (χ1) is 31.9. The van der Waals surface area contributed by atoms with E-state index in [1.807, 2.05) is 48.7 Å². The van der Waals surface area contributed by atoms with Gasteiger partial charge in [-0.2, -0.15) is 6.07 Å². The van der Waals surface area contributed by atoms with Gasteiger partial charge in [0.05, 0.1) is 0 Å². The average molecular weight is 1080 g/mol. The summed E-state index contributed by atoms with van der Waals surface area (Å²) in [5, 5.41) is 2.16. The van der Waals surface area contributed by atoms with E-state index in [1.165, 1.54) is 29.8 Å². The minimum atomic E-state index is -0.310. The summed E-state index contributed by atoms with van der Waals surface area (Å²) in [5.41, 5.74) is 11.8. The van der Waals surface area contributed by atoms with Crippen molar-refractivity contribution in [2.24, 2.45) is 0 Å². The van der Waals surface area contributed by atoms with Gasteiger partial charge in [0.2, 0.25) is 0 Å². The second-order valence-electron chi connectivity index (χ2n) is 20.6. The number of anilines is 4. The summed E-state index contributed by atoms with van der Waals surface area (Å²) in [4.78, 5) is 9.21. The third-order valence-corrected chi connectivity index (χ3v) is 12.7. The molecule has 8 heteroatoms. The maximum absolute atomic E-state index is 14.5. The van der Waals surface area contributed by atoms with Gasteiger partial charge in [-0.15, -0.1) is 53.6 Å². The van der Waals surface area contributed by atoms with Crippen molar-refractivity contribution in [1.29, 1.82) is 0 Å². The normalized spacial score (nSPS) is 13.0. The van der Waals surface area contributed by atoms with E-state index in [9.17, 15) is 8.78 Å². The van der Waals surface area contributed by atoms with E-state index >= 15 is 0 Å². The van der Waals surface area contributed by atoms with Crippen molar-refractivity contribution in [3.05, 3.63) is 199 Å². The number of ether oxygens (including phenoxy) is 1. The molecular formula is C60H53F2N4OPt-3. The van der Waals surface area contributed by atoms with Gasteiger partial charge in [0.15, 0.2) is 0 Å². The van der Waals surface area contributed by atoms with Crippen LogP contribution >= 0.6 is 0 Å². The number of fused-ring (bicyclic) bond motifs is 4. The molecule has 0 amide bonds. The first kappa shape index (κ1) is 46.5. The molecule has 0 saturated carbocycles. The zero-order chi connectivity index (χ0) is 47.0. The fraction of sp³-hybridized carbons (Fsp3) is 0.200. The predicted molar refractivity (Wildman–Crippen MR) is 271 cm³/mol. The molecule has 0 saturated heterocycles. The number of hydrogen-bond acceptors (Lipinski definition) is 4. The molecule has 1 aliphatic heterocycles. The van der Waals surface area contributed by atoms with Crippen molar-refractivity contribution in [3.8, 4) is 39.6 Å². The molecule has 5 nitrogen and oxygen atoms in total. The zero-order valence-electron chi connectivity index (χ0n) is 39.8. The Morgan fingerprint density at radius 2 is 1.09 bits per heavy atom. The van der Waals surface area contributed by atoms with Crippen molar-refractivity contribution < 1.29 is 34.6 Å². The maximum Gasteiger partial charge on any atom is 0.135 e. The van der Waals surface area contributed by atoms with E-state index in [1.54, 1.807) is 0 Å². The molecule has 0 bridgehead atoms. The van der Waals surface area contributed by atoms with Crippen LogP contribution in [0.4, 0.5) is 31.5 Å². The number of halogens is 2. The van der Waals surface area contributed by atoms with E-state index < -0.39 is 0 Å². The quantitative estimate of drug-likeness (QED) is 0.149. The largest absolute Gasteiger partial charge is 0.509 e. The summed E-state index contributed by atoms with van der Waals surface area (Å²) in [6.45, 7) is 21.9. The fourth-order valence-electron chi connectivity index (χ4n) is 8.95. The van der Waals surface area contributed by atoms with E-state index in [-0.39, 0.29) is 48.9 Å². The Labute approximate surface area is 413 Å². The smallest absolute Gasteiger partial charge is 0.135 e. The van der Waals surface area contributed by atoms with Gasteiger partial charge in [0.25, 0.3) is 0 Å². The van der Waals surface area contributed by atoms with Gasteiger partial charge < -0.3 is 19.1 Å². The molecule has 7 aromatic carbocycles. The fourth-order valence-corrected chi connectivity index (χ4v) is 8.95. The van der Waals surface area contributed by atoms with Crippen molar-refractivity contribution in [2.75, 3.05) is 9.80 Å². The van der Waals surface area contributed by atoms with Crippen LogP contribution in [0.1, 0.15) is 79.0 Å². The molecular weight excluding hydrogens is 1030 g/mol. The monoisotopic (exact) mass is 1080 g/mol. The molecule has 10 rings (SSSR count). The molecule has 0 aliphatic carbocycles. The van der Waals surface area contributed by atoms with Gasteiger partial charge in [0, 0.05) is 72.5 Å². The number of rotatable bonds is 7. The summed E-state index contributed by atoms with van der Waals surface area (Å²) in [6.07, 6.45) is 1.88. The summed E-state index contributed by atoms with van der Waals surface area (Å²) >= 11 is 0. The van der Waals surface area contributed by atoms with Crippen LogP contribution in [0, 0.1) is 30.4 Å². The van der Waals surface area contributed by atoms with Gasteiger partial charge in [-0.05, 0) is 111 Å². The second kappa shape index (κ2) is 17.5. The Balaban J connectivity index is 0.00000578. The molecule has 3 heterocycles. The zero-order valence-corrected chi connectivity index (χ0v) is 42.1. The first-order valence-electron chi connectivity index (χ1n) is 22.8. The molecule has 0 spiro atoms. The number of aromatic nitrogens is 2. The van der Waals surface area contributed by atoms with Gasteiger partial charge in [-0.25, -0.2) is 13.8 Å². The SMILES string of the molecule is CC(C)(C)c1cc(Oc2[c-]c3c(cc2)c2ccccc2n3-c2cc(C(C)(C)C)ccn2)[c-]c(N2[CH-]N(c3c(-c4ccc(F)cc4)cc(C(C)(C)C)cc3-c3ccc(F)cc3)c3ccccc32)c1.[Pt]. The summed E-state index contributed by atoms with van der Waals surface area (Å²) < 4.78 is 38.1. The summed E-state index contributed by atoms with van der Waals surface area (Å²) in [5.74, 6) is 1.30. The van der Waals surface area contributed by atoms with Gasteiger partial charge in [-0.1, -0.05) is 122 Å². The van der Waals surface area contributed by atoms with Crippen LogP contribution in [0.2, 0.25) is 0 Å². The molecule has 0 fully saturated rings. The average Bonchev–Trinajstić information content (AvgIpc) is 3.84. The van der Waals surface area contributed by atoms with Crippen LogP contribution in [0.15, 0.2) is 152 Å². The third kappa shape index (κ3) is 8.74. The minimum Gasteiger partial charge on any atom is -0.509 e. The van der Waals surface area contributed by atoms with Crippen LogP contribution in [0.5, 0.6) is 11.5 Å². The molecule has 1 aliphatic rings. The standard InChI is InChI=1S/C60H53F2N4O.Pt/c1-58(2,3)40-28-29-63-56(34-40)66-52-15-11-10-14-48(52)49-27-26-46(36-55(49)66)67-47-31-41(59(4,5)6)30-45(35-47)64-37-65(54-17-13-12-16-53(54)64)57-50(38-18-22-43(61)23-19-38)32-42(60(7,8)9)33-51(57)39-20-24-44(62)25-21-39;/h10-34,37H,1-9H3;/q-3;. The van der Waals surface area contributed by atoms with Crippen molar-refractivity contribution >= 4 is 44.6 Å². The summed E-state index contributed by atoms with van der Waals surface area (Å²) in [6, 6.07) is 54.2. The Morgan fingerprint density at radius 1 is 0.529 bits per heavy atom. The second-order valence-corrected chi connectivity index (χ2v) is 20.6. The first-order valence-corrected chi connectivity index (χ1v) is 22.8. The van der Waals surface area contributed by atoms with Crippen molar-refractivity contribution in [2.45, 2.75) is 78.6 Å². The Hall–Kier alpha value is -6.56. The minimum absolute atomic E-state index is 0. The Morgan fingerprint density at radius 3 is 1.69 bits per heavy atom. The molecule has 346 valence electrons. The number of para-hydroxylation sites is 3. The molecule has 0 atom stereocenters. The van der Waals surface area contributed by atoms with Gasteiger partial charge in [-0.3, -0.25) is 0 Å².